The van der Waals surface area contributed by atoms with Gasteiger partial charge in [0.25, 0.3) is 0 Å². The minimum Gasteiger partial charge on any atom is -0.493 e. The van der Waals surface area contributed by atoms with E-state index in [1.54, 1.807) is 12.1 Å². The van der Waals surface area contributed by atoms with Crippen molar-refractivity contribution in [3.63, 3.8) is 0 Å². The molecule has 0 fully saturated rings. The lowest BCUT2D eigenvalue weighted by atomic mass is 10.0. The minimum atomic E-state index is -0.936. The van der Waals surface area contributed by atoms with Gasteiger partial charge in [-0.3, -0.25) is 0 Å². The van der Waals surface area contributed by atoms with Crippen molar-refractivity contribution >= 4 is 31.9 Å². The SMILES string of the molecule is COc1cc(Br)c(C(O)c2ccc(F)cc2Br)cc1OC. The highest BCUT2D eigenvalue weighted by atomic mass is 79.9. The molecular weight excluding hydrogens is 407 g/mol. The van der Waals surface area contributed by atoms with Crippen LogP contribution in [0.25, 0.3) is 0 Å². The van der Waals surface area contributed by atoms with Crippen LogP contribution in [0.2, 0.25) is 0 Å². The molecule has 2 aromatic rings. The standard InChI is InChI=1S/C15H13Br2FO3/c1-20-13-6-10(12(17)7-14(13)21-2)15(19)9-4-3-8(18)5-11(9)16/h3-7,15,19H,1-2H3. The molecule has 0 aliphatic rings. The summed E-state index contributed by atoms with van der Waals surface area (Å²) < 4.78 is 24.8. The van der Waals surface area contributed by atoms with Crippen molar-refractivity contribution in [2.45, 2.75) is 6.10 Å². The summed E-state index contributed by atoms with van der Waals surface area (Å²) in [6.45, 7) is 0. The van der Waals surface area contributed by atoms with Gasteiger partial charge in [0, 0.05) is 14.5 Å². The van der Waals surface area contributed by atoms with Gasteiger partial charge in [0.05, 0.1) is 14.2 Å². The number of halogens is 3. The Balaban J connectivity index is 2.50. The number of rotatable bonds is 4. The molecule has 0 bridgehead atoms. The van der Waals surface area contributed by atoms with Gasteiger partial charge >= 0.3 is 0 Å². The van der Waals surface area contributed by atoms with E-state index in [-0.39, 0.29) is 5.82 Å². The summed E-state index contributed by atoms with van der Waals surface area (Å²) in [4.78, 5) is 0. The first-order valence-electron chi connectivity index (χ1n) is 6.02. The van der Waals surface area contributed by atoms with Crippen molar-refractivity contribution < 1.29 is 19.0 Å². The summed E-state index contributed by atoms with van der Waals surface area (Å²) in [6, 6.07) is 7.55. The average Bonchev–Trinajstić information content (AvgIpc) is 2.46. The second-order valence-electron chi connectivity index (χ2n) is 4.30. The third-order valence-electron chi connectivity index (χ3n) is 3.05. The van der Waals surface area contributed by atoms with Gasteiger partial charge in [0.1, 0.15) is 11.9 Å². The number of aliphatic hydroxyl groups is 1. The van der Waals surface area contributed by atoms with Crippen LogP contribution in [0.1, 0.15) is 17.2 Å². The Kier molecular flexibility index (Phi) is 5.24. The lowest BCUT2D eigenvalue weighted by Gasteiger charge is -2.17. The van der Waals surface area contributed by atoms with E-state index in [1.807, 2.05) is 0 Å². The average molecular weight is 420 g/mol. The molecule has 1 N–H and O–H groups in total. The fourth-order valence-electron chi connectivity index (χ4n) is 1.97. The van der Waals surface area contributed by atoms with E-state index in [1.165, 1.54) is 32.4 Å². The molecule has 0 aliphatic heterocycles. The Labute approximate surface area is 139 Å². The second-order valence-corrected chi connectivity index (χ2v) is 6.01. The maximum absolute atomic E-state index is 13.2. The summed E-state index contributed by atoms with van der Waals surface area (Å²) in [5.41, 5.74) is 1.16. The largest absolute Gasteiger partial charge is 0.493 e. The highest BCUT2D eigenvalue weighted by molar-refractivity contribution is 9.10. The molecule has 0 aromatic heterocycles. The Hall–Kier alpha value is -1.11. The van der Waals surface area contributed by atoms with E-state index >= 15 is 0 Å². The molecule has 21 heavy (non-hydrogen) atoms. The number of ether oxygens (including phenoxy) is 2. The van der Waals surface area contributed by atoms with Crippen LogP contribution < -0.4 is 9.47 Å². The monoisotopic (exact) mass is 418 g/mol. The number of hydrogen-bond acceptors (Lipinski definition) is 3. The van der Waals surface area contributed by atoms with Gasteiger partial charge < -0.3 is 14.6 Å². The summed E-state index contributed by atoms with van der Waals surface area (Å²) >= 11 is 6.67. The van der Waals surface area contributed by atoms with Crippen molar-refractivity contribution in [3.8, 4) is 11.5 Å². The van der Waals surface area contributed by atoms with Gasteiger partial charge in [-0.25, -0.2) is 4.39 Å². The van der Waals surface area contributed by atoms with Crippen LogP contribution in [-0.2, 0) is 0 Å². The van der Waals surface area contributed by atoms with E-state index in [0.717, 1.165) is 0 Å². The highest BCUT2D eigenvalue weighted by Gasteiger charge is 2.19. The Morgan fingerprint density at radius 2 is 1.52 bits per heavy atom. The lowest BCUT2D eigenvalue weighted by molar-refractivity contribution is 0.217. The third-order valence-corrected chi connectivity index (χ3v) is 4.43. The minimum absolute atomic E-state index is 0.371. The van der Waals surface area contributed by atoms with E-state index in [4.69, 9.17) is 9.47 Å². The first-order chi connectivity index (χ1) is 9.97. The molecule has 0 amide bonds. The summed E-state index contributed by atoms with van der Waals surface area (Å²) in [5, 5.41) is 10.5. The van der Waals surface area contributed by atoms with Gasteiger partial charge in [-0.05, 0) is 29.8 Å². The molecule has 1 atom stereocenters. The van der Waals surface area contributed by atoms with Crippen molar-refractivity contribution in [2.75, 3.05) is 14.2 Å². The molecule has 0 saturated heterocycles. The lowest BCUT2D eigenvalue weighted by Crippen LogP contribution is -2.03. The zero-order valence-corrected chi connectivity index (χ0v) is 14.5. The predicted molar refractivity (Wildman–Crippen MR) is 85.4 cm³/mol. The molecule has 0 heterocycles. The maximum atomic E-state index is 13.2. The van der Waals surface area contributed by atoms with Crippen molar-refractivity contribution in [1.29, 1.82) is 0 Å². The van der Waals surface area contributed by atoms with Gasteiger partial charge in [0.15, 0.2) is 11.5 Å². The normalized spacial score (nSPS) is 12.1. The van der Waals surface area contributed by atoms with Gasteiger partial charge in [-0.2, -0.15) is 0 Å². The van der Waals surface area contributed by atoms with Crippen LogP contribution >= 0.6 is 31.9 Å². The fourth-order valence-corrected chi connectivity index (χ4v) is 3.08. The zero-order valence-electron chi connectivity index (χ0n) is 11.4. The van der Waals surface area contributed by atoms with Crippen LogP contribution in [0, 0.1) is 5.82 Å². The predicted octanol–water partition coefficient (Wildman–Crippen LogP) is 4.45. The Bertz CT molecular complexity index is 662. The molecule has 2 rings (SSSR count). The van der Waals surface area contributed by atoms with Crippen LogP contribution in [0.5, 0.6) is 11.5 Å². The number of hydrogen-bond donors (Lipinski definition) is 1. The summed E-state index contributed by atoms with van der Waals surface area (Å²) in [5.74, 6) is 0.690. The van der Waals surface area contributed by atoms with Crippen LogP contribution in [-0.4, -0.2) is 19.3 Å². The van der Waals surface area contributed by atoms with Crippen molar-refractivity contribution in [2.24, 2.45) is 0 Å². The third kappa shape index (κ3) is 3.39. The van der Waals surface area contributed by atoms with Gasteiger partial charge in [0.2, 0.25) is 0 Å². The summed E-state index contributed by atoms with van der Waals surface area (Å²) in [6.07, 6.45) is -0.936. The number of benzene rings is 2. The zero-order chi connectivity index (χ0) is 15.6. The van der Waals surface area contributed by atoms with Crippen LogP contribution in [0.4, 0.5) is 4.39 Å². The fraction of sp³-hybridized carbons (Fsp3) is 0.200. The molecule has 6 heteroatoms. The highest BCUT2D eigenvalue weighted by Crippen LogP contribution is 2.39. The molecule has 0 radical (unpaired) electrons. The van der Waals surface area contributed by atoms with Crippen molar-refractivity contribution in [3.05, 3.63) is 56.2 Å². The van der Waals surface area contributed by atoms with Crippen molar-refractivity contribution in [1.82, 2.24) is 0 Å². The molecule has 0 saturated carbocycles. The topological polar surface area (TPSA) is 38.7 Å². The van der Waals surface area contributed by atoms with E-state index in [2.05, 4.69) is 31.9 Å². The van der Waals surface area contributed by atoms with Gasteiger partial charge in [-0.1, -0.05) is 37.9 Å². The first-order valence-corrected chi connectivity index (χ1v) is 7.61. The van der Waals surface area contributed by atoms with Gasteiger partial charge in [-0.15, -0.1) is 0 Å². The Morgan fingerprint density at radius 3 is 2.10 bits per heavy atom. The number of methoxy groups -OCH3 is 2. The molecular formula is C15H13Br2FO3. The molecule has 112 valence electrons. The smallest absolute Gasteiger partial charge is 0.161 e. The first kappa shape index (κ1) is 16.3. The summed E-state index contributed by atoms with van der Waals surface area (Å²) in [7, 11) is 3.06. The molecule has 2 aromatic carbocycles. The molecule has 0 aliphatic carbocycles. The number of aliphatic hydroxyl groups excluding tert-OH is 1. The molecule has 3 nitrogen and oxygen atoms in total. The van der Waals surface area contributed by atoms with Crippen LogP contribution in [0.3, 0.4) is 0 Å². The molecule has 0 spiro atoms. The molecule has 1 unspecified atom stereocenters. The van der Waals surface area contributed by atoms with E-state index in [0.29, 0.717) is 31.6 Å². The van der Waals surface area contributed by atoms with Crippen LogP contribution in [0.15, 0.2) is 39.3 Å². The van der Waals surface area contributed by atoms with E-state index in [9.17, 15) is 9.50 Å². The Morgan fingerprint density at radius 1 is 0.952 bits per heavy atom. The maximum Gasteiger partial charge on any atom is 0.161 e. The quantitative estimate of drug-likeness (QED) is 0.795. The van der Waals surface area contributed by atoms with E-state index < -0.39 is 6.10 Å². The second kappa shape index (κ2) is 6.77.